The molecular formula is C15H20FN3. The predicted molar refractivity (Wildman–Crippen MR) is 74.7 cm³/mol. The summed E-state index contributed by atoms with van der Waals surface area (Å²) in [7, 11) is 0. The molecule has 1 N–H and O–H groups in total. The van der Waals surface area contributed by atoms with Crippen LogP contribution in [0.25, 0.3) is 11.0 Å². The van der Waals surface area contributed by atoms with Crippen LogP contribution in [0.4, 0.5) is 4.39 Å². The van der Waals surface area contributed by atoms with Gasteiger partial charge in [-0.3, -0.25) is 0 Å². The number of halogens is 1. The SMILES string of the molecule is Fc1cnc2[nH]cc(CCN3CCCCCC3)c2c1. The van der Waals surface area contributed by atoms with Crippen molar-refractivity contribution in [2.45, 2.75) is 32.1 Å². The van der Waals surface area contributed by atoms with Gasteiger partial charge in [-0.2, -0.15) is 0 Å². The molecule has 0 unspecified atom stereocenters. The average molecular weight is 261 g/mol. The fraction of sp³-hybridized carbons (Fsp3) is 0.533. The van der Waals surface area contributed by atoms with E-state index >= 15 is 0 Å². The van der Waals surface area contributed by atoms with E-state index in [0.717, 1.165) is 24.0 Å². The summed E-state index contributed by atoms with van der Waals surface area (Å²) in [4.78, 5) is 9.71. The Hall–Kier alpha value is -1.42. The van der Waals surface area contributed by atoms with E-state index in [2.05, 4.69) is 14.9 Å². The summed E-state index contributed by atoms with van der Waals surface area (Å²) < 4.78 is 13.3. The molecular weight excluding hydrogens is 241 g/mol. The van der Waals surface area contributed by atoms with Crippen molar-refractivity contribution in [3.8, 4) is 0 Å². The lowest BCUT2D eigenvalue weighted by Crippen LogP contribution is -2.26. The van der Waals surface area contributed by atoms with Crippen LogP contribution in [0, 0.1) is 5.82 Å². The first-order chi connectivity index (χ1) is 9.33. The molecule has 3 rings (SSSR count). The smallest absolute Gasteiger partial charge is 0.142 e. The Morgan fingerprint density at radius 2 is 2.00 bits per heavy atom. The van der Waals surface area contributed by atoms with E-state index in [1.54, 1.807) is 6.07 Å². The van der Waals surface area contributed by atoms with E-state index in [1.165, 1.54) is 50.5 Å². The summed E-state index contributed by atoms with van der Waals surface area (Å²) in [6.45, 7) is 3.47. The quantitative estimate of drug-likeness (QED) is 0.920. The lowest BCUT2D eigenvalue weighted by Gasteiger charge is -2.19. The number of nitrogens with zero attached hydrogens (tertiary/aromatic N) is 2. The van der Waals surface area contributed by atoms with Crippen LogP contribution in [-0.2, 0) is 6.42 Å². The molecule has 2 aromatic rings. The molecule has 19 heavy (non-hydrogen) atoms. The van der Waals surface area contributed by atoms with Gasteiger partial charge >= 0.3 is 0 Å². The molecule has 0 saturated carbocycles. The molecule has 1 fully saturated rings. The van der Waals surface area contributed by atoms with Gasteiger partial charge in [-0.25, -0.2) is 9.37 Å². The number of hydrogen-bond donors (Lipinski definition) is 1. The van der Waals surface area contributed by atoms with Crippen LogP contribution in [0.3, 0.4) is 0 Å². The highest BCUT2D eigenvalue weighted by Gasteiger charge is 2.11. The van der Waals surface area contributed by atoms with Crippen molar-refractivity contribution in [2.24, 2.45) is 0 Å². The van der Waals surface area contributed by atoms with Crippen LogP contribution in [0.1, 0.15) is 31.2 Å². The maximum absolute atomic E-state index is 13.3. The van der Waals surface area contributed by atoms with E-state index in [9.17, 15) is 4.39 Å². The molecule has 2 aromatic heterocycles. The molecule has 0 amide bonds. The Kier molecular flexibility index (Phi) is 3.78. The summed E-state index contributed by atoms with van der Waals surface area (Å²) in [5.74, 6) is -0.261. The van der Waals surface area contributed by atoms with Crippen molar-refractivity contribution in [3.05, 3.63) is 29.8 Å². The van der Waals surface area contributed by atoms with Crippen LogP contribution in [0.2, 0.25) is 0 Å². The maximum Gasteiger partial charge on any atom is 0.142 e. The minimum Gasteiger partial charge on any atom is -0.346 e. The molecule has 102 valence electrons. The highest BCUT2D eigenvalue weighted by atomic mass is 19.1. The summed E-state index contributed by atoms with van der Waals surface area (Å²) in [5, 5.41) is 0.926. The number of fused-ring (bicyclic) bond motifs is 1. The first-order valence-electron chi connectivity index (χ1n) is 7.17. The van der Waals surface area contributed by atoms with Crippen LogP contribution in [0.15, 0.2) is 18.5 Å². The molecule has 0 bridgehead atoms. The van der Waals surface area contributed by atoms with E-state index in [4.69, 9.17) is 0 Å². The van der Waals surface area contributed by atoms with E-state index in [0.29, 0.717) is 0 Å². The van der Waals surface area contributed by atoms with Crippen LogP contribution in [0.5, 0.6) is 0 Å². The first kappa shape index (κ1) is 12.6. The molecule has 3 heterocycles. The fourth-order valence-corrected chi connectivity index (χ4v) is 2.88. The lowest BCUT2D eigenvalue weighted by molar-refractivity contribution is 0.289. The highest BCUT2D eigenvalue weighted by molar-refractivity contribution is 5.79. The Morgan fingerprint density at radius 1 is 1.21 bits per heavy atom. The fourth-order valence-electron chi connectivity index (χ4n) is 2.88. The molecule has 1 aliphatic rings. The van der Waals surface area contributed by atoms with Gasteiger partial charge < -0.3 is 9.88 Å². The molecule has 4 heteroatoms. The van der Waals surface area contributed by atoms with Crippen molar-refractivity contribution < 1.29 is 4.39 Å². The highest BCUT2D eigenvalue weighted by Crippen LogP contribution is 2.18. The zero-order valence-corrected chi connectivity index (χ0v) is 11.2. The zero-order chi connectivity index (χ0) is 13.1. The molecule has 0 atom stereocenters. The number of pyridine rings is 1. The second-order valence-electron chi connectivity index (χ2n) is 5.37. The monoisotopic (exact) mass is 261 g/mol. The van der Waals surface area contributed by atoms with Crippen LogP contribution < -0.4 is 0 Å². The number of nitrogens with one attached hydrogen (secondary N) is 1. The van der Waals surface area contributed by atoms with Gasteiger partial charge in [0, 0.05) is 18.1 Å². The predicted octanol–water partition coefficient (Wildman–Crippen LogP) is 3.12. The normalized spacial score (nSPS) is 17.7. The van der Waals surface area contributed by atoms with E-state index in [-0.39, 0.29) is 5.82 Å². The van der Waals surface area contributed by atoms with Gasteiger partial charge in [0.05, 0.1) is 6.20 Å². The lowest BCUT2D eigenvalue weighted by atomic mass is 10.1. The van der Waals surface area contributed by atoms with Gasteiger partial charge in [0.2, 0.25) is 0 Å². The number of hydrogen-bond acceptors (Lipinski definition) is 2. The largest absolute Gasteiger partial charge is 0.346 e. The number of aromatic nitrogens is 2. The third-order valence-electron chi connectivity index (χ3n) is 3.98. The maximum atomic E-state index is 13.3. The second kappa shape index (κ2) is 5.70. The number of aromatic amines is 1. The number of likely N-dealkylation sites (tertiary alicyclic amines) is 1. The molecule has 0 aliphatic carbocycles. The summed E-state index contributed by atoms with van der Waals surface area (Å²) >= 11 is 0. The third-order valence-corrected chi connectivity index (χ3v) is 3.98. The van der Waals surface area contributed by atoms with Crippen molar-refractivity contribution in [2.75, 3.05) is 19.6 Å². The third kappa shape index (κ3) is 2.95. The number of H-pyrrole nitrogens is 1. The summed E-state index contributed by atoms with van der Waals surface area (Å²) in [5.41, 5.74) is 1.96. The van der Waals surface area contributed by atoms with Gasteiger partial charge in [-0.05, 0) is 44.0 Å². The van der Waals surface area contributed by atoms with Crippen LogP contribution in [-0.4, -0.2) is 34.5 Å². The van der Waals surface area contributed by atoms with Crippen molar-refractivity contribution in [3.63, 3.8) is 0 Å². The van der Waals surface area contributed by atoms with Crippen molar-refractivity contribution >= 4 is 11.0 Å². The van der Waals surface area contributed by atoms with Gasteiger partial charge in [-0.15, -0.1) is 0 Å². The van der Waals surface area contributed by atoms with Gasteiger partial charge in [0.15, 0.2) is 0 Å². The Bertz CT molecular complexity index is 541. The number of rotatable bonds is 3. The van der Waals surface area contributed by atoms with Crippen LogP contribution >= 0.6 is 0 Å². The van der Waals surface area contributed by atoms with E-state index in [1.807, 2.05) is 6.20 Å². The summed E-state index contributed by atoms with van der Waals surface area (Å²) in [6.07, 6.45) is 9.53. The molecule has 1 aliphatic heterocycles. The minimum absolute atomic E-state index is 0.261. The van der Waals surface area contributed by atoms with Gasteiger partial charge in [0.25, 0.3) is 0 Å². The Balaban J connectivity index is 1.69. The second-order valence-corrected chi connectivity index (χ2v) is 5.37. The van der Waals surface area contributed by atoms with Gasteiger partial charge in [0.1, 0.15) is 11.5 Å². The van der Waals surface area contributed by atoms with Crippen molar-refractivity contribution in [1.29, 1.82) is 0 Å². The summed E-state index contributed by atoms with van der Waals surface area (Å²) in [6, 6.07) is 1.58. The molecule has 0 aromatic carbocycles. The zero-order valence-electron chi connectivity index (χ0n) is 11.2. The molecule has 0 spiro atoms. The molecule has 0 radical (unpaired) electrons. The molecule has 1 saturated heterocycles. The van der Waals surface area contributed by atoms with Gasteiger partial charge in [-0.1, -0.05) is 12.8 Å². The Labute approximate surface area is 112 Å². The van der Waals surface area contributed by atoms with E-state index < -0.39 is 0 Å². The van der Waals surface area contributed by atoms with Crippen molar-refractivity contribution in [1.82, 2.24) is 14.9 Å². The average Bonchev–Trinajstić information content (AvgIpc) is 2.63. The Morgan fingerprint density at radius 3 is 2.79 bits per heavy atom. The first-order valence-corrected chi connectivity index (χ1v) is 7.17. The minimum atomic E-state index is -0.261. The molecule has 3 nitrogen and oxygen atoms in total. The standard InChI is InChI=1S/C15H20FN3/c16-13-9-14-12(10-17-15(14)18-11-13)5-8-19-6-3-1-2-4-7-19/h9-11H,1-8H2,(H,17,18). The topological polar surface area (TPSA) is 31.9 Å².